The normalized spacial score (nSPS) is 18.4. The fraction of sp³-hybridized carbons (Fsp3) is 0.360. The van der Waals surface area contributed by atoms with Crippen LogP contribution in [0.5, 0.6) is 0 Å². The second-order valence-electron chi connectivity index (χ2n) is 8.79. The fourth-order valence-corrected chi connectivity index (χ4v) is 4.21. The highest BCUT2D eigenvalue weighted by Crippen LogP contribution is 2.38. The lowest BCUT2D eigenvalue weighted by Crippen LogP contribution is -2.37. The van der Waals surface area contributed by atoms with Crippen LogP contribution in [0.1, 0.15) is 22.9 Å². The van der Waals surface area contributed by atoms with Gasteiger partial charge >= 0.3 is 6.18 Å². The third kappa shape index (κ3) is 6.77. The number of alkyl halides is 3. The number of halogens is 4. The number of ether oxygens (including phenoxy) is 2. The predicted octanol–water partition coefficient (Wildman–Crippen LogP) is 3.72. The average molecular weight is 547 g/mol. The lowest BCUT2D eigenvalue weighted by atomic mass is 10.00. The molecule has 206 valence electrons. The van der Waals surface area contributed by atoms with Gasteiger partial charge in [-0.15, -0.1) is 0 Å². The molecule has 1 aromatic carbocycles. The third-order valence-corrected chi connectivity index (χ3v) is 6.11. The summed E-state index contributed by atoms with van der Waals surface area (Å²) in [5.41, 5.74) is 3.23. The molecule has 2 saturated heterocycles. The first kappa shape index (κ1) is 26.7. The van der Waals surface area contributed by atoms with Gasteiger partial charge in [-0.25, -0.2) is 14.8 Å². The maximum Gasteiger partial charge on any atom is 0.416 e. The molecule has 1 atom stereocenters. The zero-order chi connectivity index (χ0) is 27.2. The van der Waals surface area contributed by atoms with E-state index in [1.165, 1.54) is 18.5 Å². The summed E-state index contributed by atoms with van der Waals surface area (Å²) in [4.78, 5) is 14.1. The molecule has 2 aliphatic rings. The number of hydrogen-bond acceptors (Lipinski definition) is 10. The van der Waals surface area contributed by atoms with E-state index in [1.807, 2.05) is 0 Å². The Hall–Kier alpha value is -3.88. The number of pyridine rings is 1. The monoisotopic (exact) mass is 546 g/mol. The maximum atomic E-state index is 14.2. The summed E-state index contributed by atoms with van der Waals surface area (Å²) >= 11 is 0. The molecule has 2 fully saturated rings. The average Bonchev–Trinajstić information content (AvgIpc) is 2.95. The first-order chi connectivity index (χ1) is 18.9. The van der Waals surface area contributed by atoms with E-state index >= 15 is 0 Å². The van der Waals surface area contributed by atoms with Crippen molar-refractivity contribution in [2.24, 2.45) is 5.10 Å². The minimum Gasteiger partial charge on any atom is -0.378 e. The highest BCUT2D eigenvalue weighted by atomic mass is 19.4. The minimum absolute atomic E-state index is 0.0969. The van der Waals surface area contributed by atoms with Crippen LogP contribution in [0.3, 0.4) is 0 Å². The van der Waals surface area contributed by atoms with Gasteiger partial charge in [-0.2, -0.15) is 23.3 Å². The van der Waals surface area contributed by atoms with Crippen LogP contribution in [0.15, 0.2) is 47.8 Å². The summed E-state index contributed by atoms with van der Waals surface area (Å²) in [5.74, 6) is -0.248. The van der Waals surface area contributed by atoms with Crippen LogP contribution in [-0.2, 0) is 15.7 Å². The largest absolute Gasteiger partial charge is 0.416 e. The molecule has 3 aromatic rings. The first-order valence-corrected chi connectivity index (χ1v) is 12.3. The van der Waals surface area contributed by atoms with Crippen molar-refractivity contribution in [2.45, 2.75) is 12.3 Å². The van der Waals surface area contributed by atoms with Crippen LogP contribution < -0.4 is 21.0 Å². The van der Waals surface area contributed by atoms with Crippen LogP contribution in [0.4, 0.5) is 40.7 Å². The smallest absolute Gasteiger partial charge is 0.378 e. The molecule has 2 aliphatic heterocycles. The Balaban J connectivity index is 1.22. The molecule has 0 aliphatic carbocycles. The molecule has 10 nitrogen and oxygen atoms in total. The van der Waals surface area contributed by atoms with Crippen molar-refractivity contribution in [3.05, 3.63) is 65.4 Å². The molecular weight excluding hydrogens is 520 g/mol. The van der Waals surface area contributed by atoms with E-state index in [0.717, 1.165) is 12.3 Å². The van der Waals surface area contributed by atoms with E-state index < -0.39 is 23.7 Å². The summed E-state index contributed by atoms with van der Waals surface area (Å²) in [5, 5.41) is 10.0. The van der Waals surface area contributed by atoms with Crippen molar-refractivity contribution in [2.75, 3.05) is 61.6 Å². The van der Waals surface area contributed by atoms with Crippen LogP contribution in [0, 0.1) is 5.82 Å². The lowest BCUT2D eigenvalue weighted by molar-refractivity contribution is -0.139. The Kier molecular flexibility index (Phi) is 8.14. The van der Waals surface area contributed by atoms with Crippen LogP contribution in [0.2, 0.25) is 0 Å². The standard InChI is InChI=1S/C25H26F4N8O2/c26-21-14-32-24(35-23(21)37-6-9-38-10-7-37)36-33-13-17-1-2-18(12-31-17)34-16-3-4-19(20(11-16)25(27,28)29)22-15-30-5-8-39-22/h1-4,11-14,22,30,34H,5-10,15H2,(H,32,35,36)/b33-13+. The van der Waals surface area contributed by atoms with Gasteiger partial charge in [-0.1, -0.05) is 6.07 Å². The van der Waals surface area contributed by atoms with E-state index in [9.17, 15) is 17.6 Å². The predicted molar refractivity (Wildman–Crippen MR) is 137 cm³/mol. The Morgan fingerprint density at radius 3 is 2.59 bits per heavy atom. The van der Waals surface area contributed by atoms with Gasteiger partial charge in [0.05, 0.1) is 61.5 Å². The molecular formula is C25H26F4N8O2. The van der Waals surface area contributed by atoms with Gasteiger partial charge in [0.1, 0.15) is 0 Å². The fourth-order valence-electron chi connectivity index (χ4n) is 4.21. The number of rotatable bonds is 7. The SMILES string of the molecule is Fc1cnc(N/N=C/c2ccc(Nc3ccc(C4CNCCO4)c(C(F)(F)F)c3)cn2)nc1N1CCOCC1. The highest BCUT2D eigenvalue weighted by Gasteiger charge is 2.36. The number of hydrogen-bond donors (Lipinski definition) is 3. The Bertz CT molecular complexity index is 1290. The van der Waals surface area contributed by atoms with Crippen molar-refractivity contribution in [3.8, 4) is 0 Å². The van der Waals surface area contributed by atoms with E-state index in [1.54, 1.807) is 23.1 Å². The number of nitrogens with zero attached hydrogens (tertiary/aromatic N) is 5. The molecule has 5 rings (SSSR count). The van der Waals surface area contributed by atoms with Crippen molar-refractivity contribution in [3.63, 3.8) is 0 Å². The summed E-state index contributed by atoms with van der Waals surface area (Å²) in [6.45, 7) is 3.30. The molecule has 4 heterocycles. The second-order valence-corrected chi connectivity index (χ2v) is 8.79. The molecule has 0 saturated carbocycles. The lowest BCUT2D eigenvalue weighted by Gasteiger charge is -2.27. The molecule has 14 heteroatoms. The molecule has 0 spiro atoms. The molecule has 0 radical (unpaired) electrons. The molecule has 39 heavy (non-hydrogen) atoms. The zero-order valence-corrected chi connectivity index (χ0v) is 20.7. The summed E-state index contributed by atoms with van der Waals surface area (Å²) in [6.07, 6.45) is -1.23. The van der Waals surface area contributed by atoms with Crippen molar-refractivity contribution < 1.29 is 27.0 Å². The van der Waals surface area contributed by atoms with Gasteiger partial charge in [-0.05, 0) is 29.8 Å². The number of anilines is 4. The number of benzene rings is 1. The third-order valence-electron chi connectivity index (χ3n) is 6.11. The van der Waals surface area contributed by atoms with Gasteiger partial charge in [0.25, 0.3) is 0 Å². The number of nitrogens with one attached hydrogen (secondary N) is 3. The molecule has 2 aromatic heterocycles. The van der Waals surface area contributed by atoms with E-state index in [-0.39, 0.29) is 23.0 Å². The van der Waals surface area contributed by atoms with Crippen LogP contribution in [0.25, 0.3) is 0 Å². The second kappa shape index (κ2) is 11.9. The van der Waals surface area contributed by atoms with E-state index in [2.05, 4.69) is 36.1 Å². The Morgan fingerprint density at radius 2 is 1.87 bits per heavy atom. The molecule has 0 bridgehead atoms. The first-order valence-electron chi connectivity index (χ1n) is 12.3. The van der Waals surface area contributed by atoms with Gasteiger partial charge in [-0.3, -0.25) is 4.98 Å². The molecule has 3 N–H and O–H groups in total. The molecule has 1 unspecified atom stereocenters. The Labute approximate surface area is 221 Å². The van der Waals surface area contributed by atoms with E-state index in [4.69, 9.17) is 9.47 Å². The summed E-state index contributed by atoms with van der Waals surface area (Å²) in [6, 6.07) is 7.38. The van der Waals surface area contributed by atoms with Crippen molar-refractivity contribution >= 4 is 29.4 Å². The summed E-state index contributed by atoms with van der Waals surface area (Å²) < 4.78 is 66.3. The van der Waals surface area contributed by atoms with Gasteiger partial charge in [0.15, 0.2) is 11.6 Å². The zero-order valence-electron chi connectivity index (χ0n) is 20.7. The molecule has 0 amide bonds. The Morgan fingerprint density at radius 1 is 1.05 bits per heavy atom. The van der Waals surface area contributed by atoms with Gasteiger partial charge < -0.3 is 25.0 Å². The van der Waals surface area contributed by atoms with Gasteiger partial charge in [0, 0.05) is 31.9 Å². The number of aromatic nitrogens is 3. The number of hydrazone groups is 1. The van der Waals surface area contributed by atoms with Crippen molar-refractivity contribution in [1.82, 2.24) is 20.3 Å². The highest BCUT2D eigenvalue weighted by molar-refractivity contribution is 5.78. The topological polar surface area (TPSA) is 109 Å². The van der Waals surface area contributed by atoms with Crippen LogP contribution >= 0.6 is 0 Å². The summed E-state index contributed by atoms with van der Waals surface area (Å²) in [7, 11) is 0. The van der Waals surface area contributed by atoms with E-state index in [0.29, 0.717) is 57.4 Å². The van der Waals surface area contributed by atoms with Gasteiger partial charge in [0.2, 0.25) is 5.95 Å². The quantitative estimate of drug-likeness (QED) is 0.232. The number of morpholine rings is 2. The van der Waals surface area contributed by atoms with Crippen molar-refractivity contribution in [1.29, 1.82) is 0 Å². The minimum atomic E-state index is -4.53. The van der Waals surface area contributed by atoms with Crippen LogP contribution in [-0.4, -0.2) is 67.2 Å². The maximum absolute atomic E-state index is 14.2.